The predicted octanol–water partition coefficient (Wildman–Crippen LogP) is 3.87. The molecular formula is C25H22N6OS. The summed E-state index contributed by atoms with van der Waals surface area (Å²) in [6.45, 7) is 1.22. The first-order valence-electron chi connectivity index (χ1n) is 10.7. The summed E-state index contributed by atoms with van der Waals surface area (Å²) in [4.78, 5) is 21.3. The van der Waals surface area contributed by atoms with E-state index in [2.05, 4.69) is 43.3 Å². The summed E-state index contributed by atoms with van der Waals surface area (Å²) < 4.78 is 2.16. The number of rotatable bonds is 8. The van der Waals surface area contributed by atoms with E-state index in [-0.39, 0.29) is 11.7 Å². The maximum Gasteiger partial charge on any atom is 0.230 e. The Morgan fingerprint density at radius 3 is 2.61 bits per heavy atom. The number of amides is 1. The van der Waals surface area contributed by atoms with Crippen molar-refractivity contribution in [1.82, 2.24) is 30.0 Å². The Kier molecular flexibility index (Phi) is 6.25. The van der Waals surface area contributed by atoms with Crippen LogP contribution in [0.3, 0.4) is 0 Å². The first-order valence-corrected chi connectivity index (χ1v) is 11.7. The van der Waals surface area contributed by atoms with Crippen LogP contribution in [0.2, 0.25) is 0 Å². The highest BCUT2D eigenvalue weighted by Gasteiger charge is 2.15. The molecule has 7 nitrogen and oxygen atoms in total. The second-order valence-electron chi connectivity index (χ2n) is 7.57. The lowest BCUT2D eigenvalue weighted by molar-refractivity contribution is -0.118. The zero-order chi connectivity index (χ0) is 22.5. The minimum Gasteiger partial charge on any atom is -0.355 e. The van der Waals surface area contributed by atoms with E-state index in [1.54, 1.807) is 6.20 Å². The lowest BCUT2D eigenvalue weighted by atomic mass is 10.2. The number of nitrogens with one attached hydrogen (secondary N) is 1. The van der Waals surface area contributed by atoms with Crippen LogP contribution in [0.4, 0.5) is 0 Å². The smallest absolute Gasteiger partial charge is 0.230 e. The summed E-state index contributed by atoms with van der Waals surface area (Å²) in [6.07, 6.45) is 2.45. The first kappa shape index (κ1) is 21.1. The van der Waals surface area contributed by atoms with Crippen LogP contribution in [-0.4, -0.2) is 42.9 Å². The van der Waals surface area contributed by atoms with Gasteiger partial charge in [-0.3, -0.25) is 9.78 Å². The molecule has 1 amide bonds. The predicted molar refractivity (Wildman–Crippen MR) is 130 cm³/mol. The summed E-state index contributed by atoms with van der Waals surface area (Å²) in [6, 6.07) is 24.2. The molecule has 0 fully saturated rings. The maximum atomic E-state index is 12.3. The highest BCUT2D eigenvalue weighted by molar-refractivity contribution is 7.99. The fraction of sp³-hybridized carbons (Fsp3) is 0.160. The van der Waals surface area contributed by atoms with Gasteiger partial charge >= 0.3 is 0 Å². The third-order valence-electron chi connectivity index (χ3n) is 5.30. The summed E-state index contributed by atoms with van der Waals surface area (Å²) in [5.41, 5.74) is 4.74. The molecule has 5 aromatic rings. The Morgan fingerprint density at radius 2 is 1.76 bits per heavy atom. The second kappa shape index (κ2) is 9.79. The van der Waals surface area contributed by atoms with Gasteiger partial charge in [0.15, 0.2) is 5.65 Å². The van der Waals surface area contributed by atoms with E-state index in [1.165, 1.54) is 17.3 Å². The van der Waals surface area contributed by atoms with Gasteiger partial charge in [0, 0.05) is 36.8 Å². The van der Waals surface area contributed by atoms with Gasteiger partial charge in [-0.15, -0.1) is 10.2 Å². The summed E-state index contributed by atoms with van der Waals surface area (Å²) in [5, 5.41) is 13.2. The molecule has 0 aliphatic carbocycles. The zero-order valence-electron chi connectivity index (χ0n) is 17.9. The number of hydrogen-bond acceptors (Lipinski definition) is 6. The number of carbonyl (C=O) groups excluding carboxylic acids is 1. The molecule has 0 aliphatic heterocycles. The average Bonchev–Trinajstić information content (AvgIpc) is 3.17. The van der Waals surface area contributed by atoms with Gasteiger partial charge in [-0.1, -0.05) is 66.4 Å². The Morgan fingerprint density at radius 1 is 0.939 bits per heavy atom. The number of carbonyl (C=O) groups is 1. The Hall–Kier alpha value is -3.78. The minimum absolute atomic E-state index is 0.0653. The third kappa shape index (κ3) is 4.85. The molecule has 1 N–H and O–H groups in total. The van der Waals surface area contributed by atoms with Gasteiger partial charge < -0.3 is 9.88 Å². The van der Waals surface area contributed by atoms with E-state index in [9.17, 15) is 4.79 Å². The van der Waals surface area contributed by atoms with Crippen LogP contribution in [0.25, 0.3) is 22.1 Å². The van der Waals surface area contributed by atoms with Crippen LogP contribution in [0, 0.1) is 0 Å². The molecule has 0 bridgehead atoms. The van der Waals surface area contributed by atoms with Crippen LogP contribution in [0.15, 0.2) is 84.1 Å². The van der Waals surface area contributed by atoms with Crippen LogP contribution >= 0.6 is 11.8 Å². The van der Waals surface area contributed by atoms with Crippen LogP contribution < -0.4 is 5.32 Å². The normalized spacial score (nSPS) is 11.2. The summed E-state index contributed by atoms with van der Waals surface area (Å²) >= 11 is 1.29. The lowest BCUT2D eigenvalue weighted by Gasteiger charge is -2.07. The SMILES string of the molecule is O=C(CSc1nnc2c3ccccc3n(Cc3ccccc3)c2n1)NCCc1ccccn1. The molecule has 0 spiro atoms. The largest absolute Gasteiger partial charge is 0.355 e. The Labute approximate surface area is 195 Å². The number of thioether (sulfide) groups is 1. The first-order chi connectivity index (χ1) is 16.3. The van der Waals surface area contributed by atoms with Crippen molar-refractivity contribution in [1.29, 1.82) is 0 Å². The molecule has 0 unspecified atom stereocenters. The van der Waals surface area contributed by atoms with Crippen LogP contribution in [-0.2, 0) is 17.8 Å². The van der Waals surface area contributed by atoms with E-state index in [4.69, 9.17) is 4.98 Å². The fourth-order valence-corrected chi connectivity index (χ4v) is 4.35. The Bertz CT molecular complexity index is 1390. The van der Waals surface area contributed by atoms with Crippen molar-refractivity contribution in [3.63, 3.8) is 0 Å². The third-order valence-corrected chi connectivity index (χ3v) is 6.14. The molecule has 0 saturated heterocycles. The number of nitrogens with zero attached hydrogens (tertiary/aromatic N) is 5. The molecule has 3 heterocycles. The van der Waals surface area contributed by atoms with Crippen LogP contribution in [0.5, 0.6) is 0 Å². The topological polar surface area (TPSA) is 85.6 Å². The molecular weight excluding hydrogens is 432 g/mol. The van der Waals surface area contributed by atoms with Gasteiger partial charge in [0.05, 0.1) is 11.3 Å². The minimum atomic E-state index is -0.0653. The summed E-state index contributed by atoms with van der Waals surface area (Å²) in [5.74, 6) is 0.165. The molecule has 5 rings (SSSR count). The van der Waals surface area contributed by atoms with Crippen molar-refractivity contribution in [2.75, 3.05) is 12.3 Å². The molecule has 164 valence electrons. The maximum absolute atomic E-state index is 12.3. The standard InChI is InChI=1S/C25H22N6OS/c32-22(27-15-13-19-10-6-7-14-26-19)17-33-25-28-24-23(29-30-25)20-11-4-5-12-21(20)31(24)16-18-8-2-1-3-9-18/h1-12,14H,13,15-17H2,(H,27,32). The zero-order valence-corrected chi connectivity index (χ0v) is 18.7. The molecule has 0 atom stereocenters. The van der Waals surface area contributed by atoms with E-state index in [0.29, 0.717) is 24.7 Å². The number of hydrogen-bond donors (Lipinski definition) is 1. The highest BCUT2D eigenvalue weighted by atomic mass is 32.2. The van der Waals surface area contributed by atoms with Gasteiger partial charge in [0.2, 0.25) is 11.1 Å². The van der Waals surface area contributed by atoms with E-state index in [1.807, 2.05) is 54.6 Å². The van der Waals surface area contributed by atoms with Gasteiger partial charge in [-0.05, 0) is 23.8 Å². The highest BCUT2D eigenvalue weighted by Crippen LogP contribution is 2.28. The van der Waals surface area contributed by atoms with Gasteiger partial charge in [-0.2, -0.15) is 0 Å². The van der Waals surface area contributed by atoms with Crippen molar-refractivity contribution in [2.45, 2.75) is 18.1 Å². The number of para-hydroxylation sites is 1. The molecule has 0 radical (unpaired) electrons. The number of fused-ring (bicyclic) bond motifs is 3. The lowest BCUT2D eigenvalue weighted by Crippen LogP contribution is -2.27. The van der Waals surface area contributed by atoms with Crippen molar-refractivity contribution in [3.8, 4) is 0 Å². The van der Waals surface area contributed by atoms with E-state index >= 15 is 0 Å². The molecule has 33 heavy (non-hydrogen) atoms. The number of pyridine rings is 1. The van der Waals surface area contributed by atoms with E-state index in [0.717, 1.165) is 27.8 Å². The quantitative estimate of drug-likeness (QED) is 0.358. The fourth-order valence-electron chi connectivity index (χ4n) is 3.73. The van der Waals surface area contributed by atoms with Gasteiger partial charge in [0.1, 0.15) is 5.52 Å². The van der Waals surface area contributed by atoms with Crippen molar-refractivity contribution in [3.05, 3.63) is 90.3 Å². The van der Waals surface area contributed by atoms with Crippen molar-refractivity contribution >= 4 is 39.7 Å². The number of benzene rings is 2. The van der Waals surface area contributed by atoms with Crippen molar-refractivity contribution in [2.24, 2.45) is 0 Å². The molecule has 3 aromatic heterocycles. The van der Waals surface area contributed by atoms with Gasteiger partial charge in [0.25, 0.3) is 0 Å². The van der Waals surface area contributed by atoms with Gasteiger partial charge in [-0.25, -0.2) is 4.98 Å². The van der Waals surface area contributed by atoms with E-state index < -0.39 is 0 Å². The number of aromatic nitrogens is 5. The van der Waals surface area contributed by atoms with Crippen molar-refractivity contribution < 1.29 is 4.79 Å². The second-order valence-corrected chi connectivity index (χ2v) is 8.51. The monoisotopic (exact) mass is 454 g/mol. The Balaban J connectivity index is 1.31. The summed E-state index contributed by atoms with van der Waals surface area (Å²) in [7, 11) is 0. The molecule has 2 aromatic carbocycles. The molecule has 8 heteroatoms. The molecule has 0 aliphatic rings. The molecule has 0 saturated carbocycles. The average molecular weight is 455 g/mol. The van der Waals surface area contributed by atoms with Crippen LogP contribution in [0.1, 0.15) is 11.3 Å².